The predicted molar refractivity (Wildman–Crippen MR) is 93.6 cm³/mol. The van der Waals surface area contributed by atoms with Gasteiger partial charge in [-0.15, -0.1) is 0 Å². The molecule has 0 heterocycles. The summed E-state index contributed by atoms with van der Waals surface area (Å²) in [5, 5.41) is 6.28. The fourth-order valence-corrected chi connectivity index (χ4v) is 2.40. The number of amides is 2. The monoisotopic (exact) mass is 342 g/mol. The summed E-state index contributed by atoms with van der Waals surface area (Å²) < 4.78 is 0. The highest BCUT2D eigenvalue weighted by Crippen LogP contribution is 2.11. The highest BCUT2D eigenvalue weighted by atomic mass is 35.5. The molecule has 22 heavy (non-hydrogen) atoms. The van der Waals surface area contributed by atoms with Gasteiger partial charge in [0.2, 0.25) is 5.91 Å². The van der Waals surface area contributed by atoms with Gasteiger partial charge in [0.15, 0.2) is 0 Å². The van der Waals surface area contributed by atoms with Gasteiger partial charge in [0.1, 0.15) is 6.04 Å². The van der Waals surface area contributed by atoms with Gasteiger partial charge < -0.3 is 10.6 Å². The molecule has 4 nitrogen and oxygen atoms in total. The Morgan fingerprint density at radius 3 is 2.32 bits per heavy atom. The number of nitrogens with one attached hydrogen (secondary N) is 2. The maximum atomic E-state index is 12.3. The second kappa shape index (κ2) is 8.44. The molecular weight excluding hydrogens is 320 g/mol. The van der Waals surface area contributed by atoms with Crippen LogP contribution in [0.5, 0.6) is 0 Å². The predicted octanol–water partition coefficient (Wildman–Crippen LogP) is 3.11. The summed E-state index contributed by atoms with van der Waals surface area (Å²) in [7, 11) is 0. The Morgan fingerprint density at radius 1 is 1.23 bits per heavy atom. The van der Waals surface area contributed by atoms with Crippen LogP contribution in [-0.2, 0) is 4.79 Å². The van der Waals surface area contributed by atoms with Crippen molar-refractivity contribution in [3.05, 3.63) is 34.9 Å². The number of rotatable bonds is 6. The summed E-state index contributed by atoms with van der Waals surface area (Å²) in [5.74, 6) is 0.360. The van der Waals surface area contributed by atoms with E-state index in [-0.39, 0.29) is 17.4 Å². The maximum absolute atomic E-state index is 12.3. The quantitative estimate of drug-likeness (QED) is 0.835. The SMILES string of the molecule is CSCC[C@@H](NC(=O)c1ccc(Cl)cc1)C(=O)NC(C)(C)C. The van der Waals surface area contributed by atoms with Gasteiger partial charge in [-0.25, -0.2) is 0 Å². The molecule has 122 valence electrons. The number of benzene rings is 1. The van der Waals surface area contributed by atoms with E-state index in [1.165, 1.54) is 0 Å². The number of carbonyl (C=O) groups is 2. The molecule has 0 aliphatic carbocycles. The summed E-state index contributed by atoms with van der Waals surface area (Å²) in [6.07, 6.45) is 2.56. The van der Waals surface area contributed by atoms with E-state index in [0.29, 0.717) is 17.0 Å². The third kappa shape index (κ3) is 6.71. The highest BCUT2D eigenvalue weighted by Gasteiger charge is 2.24. The smallest absolute Gasteiger partial charge is 0.251 e. The zero-order valence-electron chi connectivity index (χ0n) is 13.4. The van der Waals surface area contributed by atoms with E-state index in [1.54, 1.807) is 36.0 Å². The molecule has 2 N–H and O–H groups in total. The molecule has 0 saturated carbocycles. The van der Waals surface area contributed by atoms with Gasteiger partial charge >= 0.3 is 0 Å². The van der Waals surface area contributed by atoms with Crippen LogP contribution in [0.2, 0.25) is 5.02 Å². The molecule has 0 spiro atoms. The molecule has 0 aliphatic rings. The Labute approximate surface area is 141 Å². The summed E-state index contributed by atoms with van der Waals surface area (Å²) in [5.41, 5.74) is 0.154. The lowest BCUT2D eigenvalue weighted by Crippen LogP contribution is -2.52. The van der Waals surface area contributed by atoms with Crippen LogP contribution in [0.3, 0.4) is 0 Å². The minimum atomic E-state index is -0.546. The maximum Gasteiger partial charge on any atom is 0.251 e. The van der Waals surface area contributed by atoms with E-state index in [1.807, 2.05) is 27.0 Å². The van der Waals surface area contributed by atoms with Gasteiger partial charge in [0.05, 0.1) is 0 Å². The molecule has 1 rings (SSSR count). The number of hydrogen-bond acceptors (Lipinski definition) is 3. The fourth-order valence-electron chi connectivity index (χ4n) is 1.80. The van der Waals surface area contributed by atoms with Crippen molar-refractivity contribution in [1.29, 1.82) is 0 Å². The molecule has 0 saturated heterocycles. The lowest BCUT2D eigenvalue weighted by Gasteiger charge is -2.25. The zero-order chi connectivity index (χ0) is 16.8. The first kappa shape index (κ1) is 18.8. The average molecular weight is 343 g/mol. The molecule has 0 bridgehead atoms. The van der Waals surface area contributed by atoms with Crippen LogP contribution in [0, 0.1) is 0 Å². The van der Waals surface area contributed by atoms with E-state index in [4.69, 9.17) is 11.6 Å². The average Bonchev–Trinajstić information content (AvgIpc) is 2.42. The van der Waals surface area contributed by atoms with Crippen LogP contribution >= 0.6 is 23.4 Å². The Balaban J connectivity index is 2.77. The van der Waals surface area contributed by atoms with Gasteiger partial charge in [-0.3, -0.25) is 9.59 Å². The molecule has 1 aromatic rings. The second-order valence-corrected chi connectivity index (χ2v) is 7.48. The number of halogens is 1. The van der Waals surface area contributed by atoms with Crippen molar-refractivity contribution in [1.82, 2.24) is 10.6 Å². The highest BCUT2D eigenvalue weighted by molar-refractivity contribution is 7.98. The van der Waals surface area contributed by atoms with Crippen LogP contribution in [-0.4, -0.2) is 35.4 Å². The summed E-state index contributed by atoms with van der Waals surface area (Å²) in [6, 6.07) is 6.05. The second-order valence-electron chi connectivity index (χ2n) is 6.05. The minimum absolute atomic E-state index is 0.163. The molecule has 1 atom stereocenters. The molecule has 0 unspecified atom stereocenters. The first-order valence-corrected chi connectivity index (χ1v) is 8.87. The van der Waals surface area contributed by atoms with Crippen molar-refractivity contribution < 1.29 is 9.59 Å². The number of carbonyl (C=O) groups excluding carboxylic acids is 2. The van der Waals surface area contributed by atoms with Crippen molar-refractivity contribution in [2.45, 2.75) is 38.8 Å². The molecule has 0 radical (unpaired) electrons. The van der Waals surface area contributed by atoms with Gasteiger partial charge in [-0.2, -0.15) is 11.8 Å². The Kier molecular flexibility index (Phi) is 7.23. The van der Waals surface area contributed by atoms with Gasteiger partial charge in [0, 0.05) is 16.1 Å². The lowest BCUT2D eigenvalue weighted by molar-refractivity contribution is -0.124. The Morgan fingerprint density at radius 2 is 1.82 bits per heavy atom. The first-order valence-electron chi connectivity index (χ1n) is 7.10. The van der Waals surface area contributed by atoms with E-state index in [9.17, 15) is 9.59 Å². The van der Waals surface area contributed by atoms with Crippen LogP contribution in [0.25, 0.3) is 0 Å². The molecule has 1 aromatic carbocycles. The van der Waals surface area contributed by atoms with Crippen LogP contribution < -0.4 is 10.6 Å². The third-order valence-corrected chi connectivity index (χ3v) is 3.73. The Bertz CT molecular complexity index is 512. The summed E-state index contributed by atoms with van der Waals surface area (Å²) in [6.45, 7) is 5.74. The molecule has 0 aromatic heterocycles. The van der Waals surface area contributed by atoms with Gasteiger partial charge in [-0.05, 0) is 63.5 Å². The first-order chi connectivity index (χ1) is 10.2. The van der Waals surface area contributed by atoms with Gasteiger partial charge in [-0.1, -0.05) is 11.6 Å². The van der Waals surface area contributed by atoms with E-state index >= 15 is 0 Å². The van der Waals surface area contributed by atoms with Gasteiger partial charge in [0.25, 0.3) is 5.91 Å². The topological polar surface area (TPSA) is 58.2 Å². The van der Waals surface area contributed by atoms with E-state index in [2.05, 4.69) is 10.6 Å². The third-order valence-electron chi connectivity index (χ3n) is 2.84. The Hall–Kier alpha value is -1.20. The minimum Gasteiger partial charge on any atom is -0.350 e. The van der Waals surface area contributed by atoms with Crippen LogP contribution in [0.1, 0.15) is 37.6 Å². The molecule has 0 fully saturated rings. The van der Waals surface area contributed by atoms with Crippen LogP contribution in [0.4, 0.5) is 0 Å². The molecule has 6 heteroatoms. The summed E-state index contributed by atoms with van der Waals surface area (Å²) >= 11 is 7.46. The fraction of sp³-hybridized carbons (Fsp3) is 0.500. The molecule has 2 amide bonds. The van der Waals surface area contributed by atoms with Crippen molar-refractivity contribution in [3.63, 3.8) is 0 Å². The largest absolute Gasteiger partial charge is 0.350 e. The zero-order valence-corrected chi connectivity index (χ0v) is 15.0. The van der Waals surface area contributed by atoms with E-state index < -0.39 is 6.04 Å². The molecule has 0 aliphatic heterocycles. The van der Waals surface area contributed by atoms with Crippen molar-refractivity contribution in [2.75, 3.05) is 12.0 Å². The van der Waals surface area contributed by atoms with E-state index in [0.717, 1.165) is 5.75 Å². The van der Waals surface area contributed by atoms with Crippen molar-refractivity contribution in [2.24, 2.45) is 0 Å². The molecular formula is C16H23ClN2O2S. The normalized spacial score (nSPS) is 12.6. The lowest BCUT2D eigenvalue weighted by atomic mass is 10.1. The number of thioether (sulfide) groups is 1. The summed E-state index contributed by atoms with van der Waals surface area (Å²) in [4.78, 5) is 24.6. The van der Waals surface area contributed by atoms with Crippen molar-refractivity contribution in [3.8, 4) is 0 Å². The van der Waals surface area contributed by atoms with Crippen molar-refractivity contribution >= 4 is 35.2 Å². The number of hydrogen-bond donors (Lipinski definition) is 2. The standard InChI is InChI=1S/C16H23ClN2O2S/c1-16(2,3)19-15(21)13(9-10-22-4)18-14(20)11-5-7-12(17)8-6-11/h5-8,13H,9-10H2,1-4H3,(H,18,20)(H,19,21)/t13-/m1/s1. The van der Waals surface area contributed by atoms with Crippen LogP contribution in [0.15, 0.2) is 24.3 Å².